The lowest BCUT2D eigenvalue weighted by Crippen LogP contribution is -2.27. The van der Waals surface area contributed by atoms with Gasteiger partial charge in [0.25, 0.3) is 5.56 Å². The molecule has 0 aliphatic carbocycles. The van der Waals surface area contributed by atoms with E-state index in [-0.39, 0.29) is 36.0 Å². The Bertz CT molecular complexity index is 1150. The number of aromatic nitrogens is 4. The van der Waals surface area contributed by atoms with E-state index in [1.807, 2.05) is 0 Å². The third-order valence-corrected chi connectivity index (χ3v) is 3.97. The van der Waals surface area contributed by atoms with E-state index in [1.54, 1.807) is 30.3 Å². The molecule has 0 aliphatic heterocycles. The number of nitrogens with zero attached hydrogens (tertiary/aromatic N) is 3. The zero-order valence-corrected chi connectivity index (χ0v) is 14.0. The average molecular weight is 367 g/mol. The number of furan rings is 1. The van der Waals surface area contributed by atoms with Gasteiger partial charge in [0.2, 0.25) is 5.91 Å². The first-order valence-corrected chi connectivity index (χ1v) is 8.12. The maximum atomic E-state index is 13.1. The summed E-state index contributed by atoms with van der Waals surface area (Å²) in [6, 6.07) is 10.8. The van der Waals surface area contributed by atoms with Gasteiger partial charge < -0.3 is 9.73 Å². The van der Waals surface area contributed by atoms with Crippen LogP contribution < -0.4 is 10.9 Å². The molecule has 0 radical (unpaired) electrons. The quantitative estimate of drug-likeness (QED) is 0.558. The predicted molar refractivity (Wildman–Crippen MR) is 93.3 cm³/mol. The fraction of sp³-hybridized carbons (Fsp3) is 0.111. The summed E-state index contributed by atoms with van der Waals surface area (Å²) in [5.74, 6) is 0.234. The molecule has 0 bridgehead atoms. The summed E-state index contributed by atoms with van der Waals surface area (Å²) in [6.07, 6.45) is 1.44. The lowest BCUT2D eigenvalue weighted by molar-refractivity contribution is -0.120. The van der Waals surface area contributed by atoms with Crippen molar-refractivity contribution in [3.8, 4) is 11.3 Å². The Kier molecular flexibility index (Phi) is 4.25. The molecule has 0 atom stereocenters. The zero-order chi connectivity index (χ0) is 18.8. The smallest absolute Gasteiger partial charge is 0.290 e. The van der Waals surface area contributed by atoms with Gasteiger partial charge in [-0.15, -0.1) is 0 Å². The molecule has 136 valence electrons. The molecule has 0 spiro atoms. The van der Waals surface area contributed by atoms with E-state index in [4.69, 9.17) is 4.42 Å². The third kappa shape index (κ3) is 3.47. The van der Waals surface area contributed by atoms with E-state index in [9.17, 15) is 14.0 Å². The minimum absolute atomic E-state index is 0.0848. The predicted octanol–water partition coefficient (Wildman–Crippen LogP) is 1.68. The molecule has 4 aromatic rings. The van der Waals surface area contributed by atoms with Crippen molar-refractivity contribution in [1.82, 2.24) is 25.1 Å². The minimum Gasteiger partial charge on any atom is -0.467 e. The number of hydrogen-bond acceptors (Lipinski definition) is 5. The molecule has 0 saturated carbocycles. The van der Waals surface area contributed by atoms with Gasteiger partial charge >= 0.3 is 0 Å². The Morgan fingerprint density at radius 1 is 1.26 bits per heavy atom. The zero-order valence-electron chi connectivity index (χ0n) is 14.0. The van der Waals surface area contributed by atoms with Gasteiger partial charge in [-0.05, 0) is 42.5 Å². The highest BCUT2D eigenvalue weighted by Gasteiger charge is 2.15. The van der Waals surface area contributed by atoms with Crippen LogP contribution in [0.2, 0.25) is 0 Å². The van der Waals surface area contributed by atoms with Crippen molar-refractivity contribution >= 4 is 11.4 Å². The Balaban J connectivity index is 1.61. The summed E-state index contributed by atoms with van der Waals surface area (Å²) in [5.41, 5.74) is 0.937. The molecular formula is C18H14FN5O3. The fourth-order valence-corrected chi connectivity index (χ4v) is 2.64. The Morgan fingerprint density at radius 3 is 2.81 bits per heavy atom. The number of H-pyrrole nitrogens is 1. The maximum Gasteiger partial charge on any atom is 0.290 e. The van der Waals surface area contributed by atoms with Gasteiger partial charge in [0.1, 0.15) is 17.1 Å². The summed E-state index contributed by atoms with van der Waals surface area (Å²) in [7, 11) is 0. The van der Waals surface area contributed by atoms with Crippen LogP contribution in [0.5, 0.6) is 0 Å². The van der Waals surface area contributed by atoms with E-state index in [0.717, 1.165) is 0 Å². The number of hydrogen-bond donors (Lipinski definition) is 2. The standard InChI is InChI=1S/C18H14FN5O3/c19-12-5-3-11(4-6-12)14-8-15-18(26)22-21-16(24(15)23-14)9-17(25)20-10-13-2-1-7-27-13/h1-8H,9-10H2,(H,20,25)(H,22,26). The molecule has 9 heteroatoms. The van der Waals surface area contributed by atoms with Crippen molar-refractivity contribution in [2.24, 2.45) is 0 Å². The summed E-state index contributed by atoms with van der Waals surface area (Å²) < 4.78 is 19.6. The SMILES string of the molecule is O=C(Cc1n[nH]c(=O)c2cc(-c3ccc(F)cc3)nn12)NCc1ccco1. The first-order chi connectivity index (χ1) is 13.1. The van der Waals surface area contributed by atoms with Crippen LogP contribution in [0.4, 0.5) is 4.39 Å². The molecule has 0 saturated heterocycles. The molecule has 2 N–H and O–H groups in total. The second-order valence-electron chi connectivity index (χ2n) is 5.84. The van der Waals surface area contributed by atoms with Gasteiger partial charge in [0.15, 0.2) is 5.82 Å². The maximum absolute atomic E-state index is 13.1. The highest BCUT2D eigenvalue weighted by atomic mass is 19.1. The molecule has 4 rings (SSSR count). The molecule has 3 aromatic heterocycles. The van der Waals surface area contributed by atoms with Crippen LogP contribution in [0.25, 0.3) is 16.8 Å². The average Bonchev–Trinajstić information content (AvgIpc) is 3.33. The third-order valence-electron chi connectivity index (χ3n) is 3.97. The van der Waals surface area contributed by atoms with Gasteiger partial charge in [-0.25, -0.2) is 14.0 Å². The minimum atomic E-state index is -0.435. The molecule has 1 amide bonds. The lowest BCUT2D eigenvalue weighted by atomic mass is 10.1. The van der Waals surface area contributed by atoms with Crippen LogP contribution in [-0.2, 0) is 17.8 Å². The molecule has 0 fully saturated rings. The van der Waals surface area contributed by atoms with Crippen molar-refractivity contribution in [3.05, 3.63) is 76.5 Å². The van der Waals surface area contributed by atoms with Gasteiger partial charge in [-0.3, -0.25) is 9.59 Å². The molecule has 1 aromatic carbocycles. The van der Waals surface area contributed by atoms with Gasteiger partial charge in [0, 0.05) is 5.56 Å². The summed E-state index contributed by atoms with van der Waals surface area (Å²) >= 11 is 0. The number of fused-ring (bicyclic) bond motifs is 1. The molecular weight excluding hydrogens is 353 g/mol. The van der Waals surface area contributed by atoms with E-state index in [2.05, 4.69) is 20.6 Å². The lowest BCUT2D eigenvalue weighted by Gasteiger charge is -2.04. The highest BCUT2D eigenvalue weighted by Crippen LogP contribution is 2.19. The van der Waals surface area contributed by atoms with Crippen molar-refractivity contribution in [1.29, 1.82) is 0 Å². The van der Waals surface area contributed by atoms with E-state index >= 15 is 0 Å². The topological polar surface area (TPSA) is 105 Å². The monoisotopic (exact) mass is 367 g/mol. The number of rotatable bonds is 5. The van der Waals surface area contributed by atoms with Crippen LogP contribution >= 0.6 is 0 Å². The number of halogens is 1. The molecule has 0 unspecified atom stereocenters. The van der Waals surface area contributed by atoms with Gasteiger partial charge in [0.05, 0.1) is 24.9 Å². The van der Waals surface area contributed by atoms with Crippen LogP contribution in [0.15, 0.2) is 57.9 Å². The van der Waals surface area contributed by atoms with Crippen LogP contribution in [0.3, 0.4) is 0 Å². The van der Waals surface area contributed by atoms with E-state index < -0.39 is 5.56 Å². The van der Waals surface area contributed by atoms with Crippen LogP contribution in [0.1, 0.15) is 11.6 Å². The number of carbonyl (C=O) groups excluding carboxylic acids is 1. The number of aromatic amines is 1. The Hall–Kier alpha value is -3.75. The number of benzene rings is 1. The highest BCUT2D eigenvalue weighted by molar-refractivity contribution is 5.78. The summed E-state index contributed by atoms with van der Waals surface area (Å²) in [4.78, 5) is 24.2. The first-order valence-electron chi connectivity index (χ1n) is 8.12. The fourth-order valence-electron chi connectivity index (χ4n) is 2.64. The Morgan fingerprint density at radius 2 is 2.07 bits per heavy atom. The van der Waals surface area contributed by atoms with Gasteiger partial charge in [-0.2, -0.15) is 10.2 Å². The number of carbonyl (C=O) groups is 1. The Labute approximate surface area is 151 Å². The first kappa shape index (κ1) is 16.7. The van der Waals surface area contributed by atoms with Crippen molar-refractivity contribution in [3.63, 3.8) is 0 Å². The van der Waals surface area contributed by atoms with Gasteiger partial charge in [-0.1, -0.05) is 0 Å². The second-order valence-corrected chi connectivity index (χ2v) is 5.84. The normalized spacial score (nSPS) is 11.0. The molecule has 27 heavy (non-hydrogen) atoms. The summed E-state index contributed by atoms with van der Waals surface area (Å²) in [5, 5.41) is 13.4. The van der Waals surface area contributed by atoms with Crippen LogP contribution in [0, 0.1) is 5.82 Å². The molecule has 0 aliphatic rings. The van der Waals surface area contributed by atoms with Crippen LogP contribution in [-0.4, -0.2) is 25.7 Å². The van der Waals surface area contributed by atoms with Crippen molar-refractivity contribution < 1.29 is 13.6 Å². The van der Waals surface area contributed by atoms with E-state index in [0.29, 0.717) is 17.0 Å². The molecule has 3 heterocycles. The van der Waals surface area contributed by atoms with Crippen molar-refractivity contribution in [2.75, 3.05) is 0 Å². The van der Waals surface area contributed by atoms with E-state index in [1.165, 1.54) is 22.9 Å². The number of amides is 1. The van der Waals surface area contributed by atoms with Crippen molar-refractivity contribution in [2.45, 2.75) is 13.0 Å². The second kappa shape index (κ2) is 6.87. The summed E-state index contributed by atoms with van der Waals surface area (Å²) in [6.45, 7) is 0.248. The number of nitrogens with one attached hydrogen (secondary N) is 2. The largest absolute Gasteiger partial charge is 0.467 e. The molecule has 8 nitrogen and oxygen atoms in total.